The van der Waals surface area contributed by atoms with Gasteiger partial charge in [-0.15, -0.1) is 23.2 Å². The first-order valence-electron chi connectivity index (χ1n) is 1.79. The molecule has 0 aromatic rings. The van der Waals surface area contributed by atoms with E-state index >= 15 is 0 Å². The van der Waals surface area contributed by atoms with Crippen LogP contribution in [0, 0.1) is 0 Å². The standard InChI is InChI=1S/C2H4Cl2.CCl4/c3-1-2-4;2-1(3,4)5/h1-2H2;. The lowest BCUT2D eigenvalue weighted by atomic mass is 11.0. The van der Waals surface area contributed by atoms with Crippen LogP contribution in [0.3, 0.4) is 0 Å². The molecule has 0 aromatic heterocycles. The van der Waals surface area contributed by atoms with Crippen molar-refractivity contribution in [2.45, 2.75) is 3.25 Å². The third kappa shape index (κ3) is 77.7. The SMILES string of the molecule is ClC(Cl)(Cl)Cl.ClCCCl. The average molecular weight is 253 g/mol. The van der Waals surface area contributed by atoms with Gasteiger partial charge >= 0.3 is 0 Å². The predicted octanol–water partition coefficient (Wildman–Crippen LogP) is 4.02. The molecule has 0 aliphatic carbocycles. The Bertz CT molecular complexity index is 38.8. The highest BCUT2D eigenvalue weighted by atomic mass is 35.6. The zero-order valence-corrected chi connectivity index (χ0v) is 8.72. The van der Waals surface area contributed by atoms with E-state index in [9.17, 15) is 0 Å². The highest BCUT2D eigenvalue weighted by molar-refractivity contribution is 6.83. The van der Waals surface area contributed by atoms with Gasteiger partial charge in [-0.3, -0.25) is 0 Å². The van der Waals surface area contributed by atoms with Gasteiger partial charge < -0.3 is 0 Å². The van der Waals surface area contributed by atoms with Crippen LogP contribution < -0.4 is 0 Å². The second-order valence-corrected chi connectivity index (χ2v) is 4.99. The molecular formula is C3H4Cl6. The molecule has 6 heteroatoms. The topological polar surface area (TPSA) is 0 Å². The van der Waals surface area contributed by atoms with E-state index in [2.05, 4.69) is 0 Å². The second kappa shape index (κ2) is 7.84. The highest BCUT2D eigenvalue weighted by Gasteiger charge is 2.11. The summed E-state index contributed by atoms with van der Waals surface area (Å²) in [5.41, 5.74) is 0. The fourth-order valence-electron chi connectivity index (χ4n) is 0. The molecule has 0 nitrogen and oxygen atoms in total. The fourth-order valence-corrected chi connectivity index (χ4v) is 0. The molecular weight excluding hydrogens is 249 g/mol. The Labute approximate surface area is 84.3 Å². The van der Waals surface area contributed by atoms with Crippen LogP contribution in [0.15, 0.2) is 0 Å². The molecule has 0 bridgehead atoms. The van der Waals surface area contributed by atoms with E-state index < -0.39 is 3.25 Å². The minimum atomic E-state index is -1.61. The van der Waals surface area contributed by atoms with E-state index in [1.807, 2.05) is 0 Å². The fraction of sp³-hybridized carbons (Fsp3) is 1.00. The normalized spacial score (nSPS) is 10.0. The van der Waals surface area contributed by atoms with E-state index in [0.29, 0.717) is 11.8 Å². The third-order valence-electron chi connectivity index (χ3n) is 0.0714. The van der Waals surface area contributed by atoms with Gasteiger partial charge in [-0.2, -0.15) is 0 Å². The van der Waals surface area contributed by atoms with Crippen LogP contribution in [0.25, 0.3) is 0 Å². The molecule has 0 unspecified atom stereocenters. The van der Waals surface area contributed by atoms with Crippen LogP contribution >= 0.6 is 69.6 Å². The summed E-state index contributed by atoms with van der Waals surface area (Å²) in [6.07, 6.45) is 0. The lowest BCUT2D eigenvalue weighted by molar-refractivity contribution is 1.52. The van der Waals surface area contributed by atoms with E-state index in [1.54, 1.807) is 0 Å². The van der Waals surface area contributed by atoms with Crippen molar-refractivity contribution in [1.29, 1.82) is 0 Å². The molecule has 58 valence electrons. The first-order valence-corrected chi connectivity index (χ1v) is 4.37. The van der Waals surface area contributed by atoms with Crippen molar-refractivity contribution in [2.24, 2.45) is 0 Å². The molecule has 0 radical (unpaired) electrons. The Kier molecular flexibility index (Phi) is 11.6. The van der Waals surface area contributed by atoms with Gasteiger partial charge in [-0.1, -0.05) is 46.4 Å². The molecule has 0 rings (SSSR count). The maximum atomic E-state index is 5.05. The summed E-state index contributed by atoms with van der Waals surface area (Å²) in [6, 6.07) is 0. The number of halogens is 6. The molecule has 0 saturated heterocycles. The molecule has 0 N–H and O–H groups in total. The maximum absolute atomic E-state index is 5.05. The zero-order valence-electron chi connectivity index (χ0n) is 4.18. The number of hydrogen-bond acceptors (Lipinski definition) is 0. The lowest BCUT2D eigenvalue weighted by Crippen LogP contribution is -1.81. The van der Waals surface area contributed by atoms with Gasteiger partial charge in [-0.25, -0.2) is 0 Å². The summed E-state index contributed by atoms with van der Waals surface area (Å²) in [5.74, 6) is 1.11. The van der Waals surface area contributed by atoms with Crippen molar-refractivity contribution in [2.75, 3.05) is 11.8 Å². The number of hydrogen-bond donors (Lipinski definition) is 0. The smallest absolute Gasteiger partial charge is 0.125 e. The largest absolute Gasteiger partial charge is 0.266 e. The van der Waals surface area contributed by atoms with Gasteiger partial charge in [0.1, 0.15) is 0 Å². The minimum absolute atomic E-state index is 0.557. The summed E-state index contributed by atoms with van der Waals surface area (Å²) >= 11 is 29.4. The van der Waals surface area contributed by atoms with Crippen molar-refractivity contribution in [3.63, 3.8) is 0 Å². The highest BCUT2D eigenvalue weighted by Crippen LogP contribution is 2.29. The van der Waals surface area contributed by atoms with Crippen molar-refractivity contribution < 1.29 is 0 Å². The van der Waals surface area contributed by atoms with Crippen LogP contribution in [0.2, 0.25) is 0 Å². The maximum Gasteiger partial charge on any atom is 0.266 e. The quantitative estimate of drug-likeness (QED) is 0.619. The van der Waals surface area contributed by atoms with Gasteiger partial charge in [0, 0.05) is 11.8 Å². The molecule has 0 saturated carbocycles. The Balaban J connectivity index is 0. The lowest BCUT2D eigenvalue weighted by Gasteiger charge is -1.91. The van der Waals surface area contributed by atoms with E-state index in [4.69, 9.17) is 69.6 Å². The summed E-state index contributed by atoms with van der Waals surface area (Å²) in [6.45, 7) is 0. The second-order valence-electron chi connectivity index (χ2n) is 0.807. The van der Waals surface area contributed by atoms with Crippen molar-refractivity contribution in [1.82, 2.24) is 0 Å². The van der Waals surface area contributed by atoms with Crippen LogP contribution in [-0.2, 0) is 0 Å². The van der Waals surface area contributed by atoms with Gasteiger partial charge in [0.2, 0.25) is 0 Å². The van der Waals surface area contributed by atoms with Gasteiger partial charge in [0.25, 0.3) is 3.25 Å². The molecule has 0 heterocycles. The van der Waals surface area contributed by atoms with Crippen molar-refractivity contribution in [3.05, 3.63) is 0 Å². The first-order chi connectivity index (χ1) is 3.91. The van der Waals surface area contributed by atoms with Crippen LogP contribution in [0.5, 0.6) is 0 Å². The summed E-state index contributed by atoms with van der Waals surface area (Å²) in [4.78, 5) is 0. The predicted molar refractivity (Wildman–Crippen MR) is 47.6 cm³/mol. The molecule has 0 aromatic carbocycles. The summed E-state index contributed by atoms with van der Waals surface area (Å²) < 4.78 is -1.61. The van der Waals surface area contributed by atoms with Gasteiger partial charge in [0.05, 0.1) is 0 Å². The zero-order chi connectivity index (χ0) is 7.91. The Morgan fingerprint density at radius 1 is 0.778 bits per heavy atom. The molecule has 0 aliphatic rings. The van der Waals surface area contributed by atoms with Crippen LogP contribution in [0.4, 0.5) is 0 Å². The Morgan fingerprint density at radius 2 is 0.889 bits per heavy atom. The number of alkyl halides is 6. The van der Waals surface area contributed by atoms with E-state index in [-0.39, 0.29) is 0 Å². The summed E-state index contributed by atoms with van der Waals surface area (Å²) in [7, 11) is 0. The van der Waals surface area contributed by atoms with Gasteiger partial charge in [0.15, 0.2) is 0 Å². The third-order valence-corrected chi connectivity index (χ3v) is 0.643. The minimum Gasteiger partial charge on any atom is -0.125 e. The van der Waals surface area contributed by atoms with Crippen molar-refractivity contribution in [3.8, 4) is 0 Å². The Morgan fingerprint density at radius 3 is 0.889 bits per heavy atom. The Hall–Kier alpha value is 1.74. The van der Waals surface area contributed by atoms with E-state index in [1.165, 1.54) is 0 Å². The summed E-state index contributed by atoms with van der Waals surface area (Å²) in [5, 5.41) is 0. The molecule has 9 heavy (non-hydrogen) atoms. The van der Waals surface area contributed by atoms with Crippen LogP contribution in [0.1, 0.15) is 0 Å². The average Bonchev–Trinajstić information content (AvgIpc) is 1.61. The van der Waals surface area contributed by atoms with E-state index in [0.717, 1.165) is 0 Å². The molecule has 0 amide bonds. The molecule has 0 fully saturated rings. The van der Waals surface area contributed by atoms with Crippen LogP contribution in [-0.4, -0.2) is 15.0 Å². The molecule has 0 atom stereocenters. The molecule has 0 spiro atoms. The first kappa shape index (κ1) is 13.3. The monoisotopic (exact) mass is 250 g/mol. The number of rotatable bonds is 1. The van der Waals surface area contributed by atoms with Crippen molar-refractivity contribution >= 4 is 69.6 Å². The molecule has 0 aliphatic heterocycles. The van der Waals surface area contributed by atoms with Gasteiger partial charge in [-0.05, 0) is 0 Å².